The molecular formula is C18H20O7. The monoisotopic (exact) mass is 348 g/mol. The second kappa shape index (κ2) is 10.7. The number of ether oxygens (including phenoxy) is 4. The van der Waals surface area contributed by atoms with E-state index in [2.05, 4.69) is 0 Å². The van der Waals surface area contributed by atoms with Gasteiger partial charge in [0.2, 0.25) is 0 Å². The van der Waals surface area contributed by atoms with E-state index in [-0.39, 0.29) is 18.1 Å². The maximum absolute atomic E-state index is 10.7. The summed E-state index contributed by atoms with van der Waals surface area (Å²) in [4.78, 5) is 21.0. The summed E-state index contributed by atoms with van der Waals surface area (Å²) in [6.45, 7) is 0.118. The van der Waals surface area contributed by atoms with Gasteiger partial charge in [0.1, 0.15) is 23.0 Å². The van der Waals surface area contributed by atoms with Gasteiger partial charge in [-0.2, -0.15) is 0 Å². The zero-order chi connectivity index (χ0) is 18.7. The first-order valence-electron chi connectivity index (χ1n) is 7.16. The van der Waals surface area contributed by atoms with Gasteiger partial charge in [0.05, 0.1) is 25.3 Å². The van der Waals surface area contributed by atoms with Gasteiger partial charge in [-0.25, -0.2) is 0 Å². The van der Waals surface area contributed by atoms with E-state index >= 15 is 0 Å². The van der Waals surface area contributed by atoms with Crippen molar-refractivity contribution in [2.75, 3.05) is 28.1 Å². The van der Waals surface area contributed by atoms with Crippen molar-refractivity contribution in [2.24, 2.45) is 0 Å². The second-order valence-electron chi connectivity index (χ2n) is 4.62. The normalized spacial score (nSPS) is 9.40. The molecule has 7 nitrogen and oxygen atoms in total. The van der Waals surface area contributed by atoms with E-state index in [0.717, 1.165) is 0 Å². The van der Waals surface area contributed by atoms with E-state index in [0.29, 0.717) is 35.4 Å². The van der Waals surface area contributed by atoms with Gasteiger partial charge in [0.25, 0.3) is 0 Å². The van der Waals surface area contributed by atoms with Gasteiger partial charge in [-0.15, -0.1) is 0 Å². The number of phenolic OH excluding ortho intramolecular Hbond substituents is 1. The Morgan fingerprint density at radius 2 is 1.44 bits per heavy atom. The highest BCUT2D eigenvalue weighted by atomic mass is 16.7. The molecule has 0 heterocycles. The number of carbonyl (C=O) groups excluding carboxylic acids is 2. The van der Waals surface area contributed by atoms with Crippen LogP contribution in [0.4, 0.5) is 0 Å². The molecule has 2 rings (SSSR count). The number of hydrogen-bond acceptors (Lipinski definition) is 7. The van der Waals surface area contributed by atoms with Crippen LogP contribution in [-0.4, -0.2) is 45.8 Å². The Bertz CT molecular complexity index is 698. The van der Waals surface area contributed by atoms with Crippen molar-refractivity contribution in [2.45, 2.75) is 0 Å². The molecule has 0 radical (unpaired) electrons. The molecule has 0 aliphatic carbocycles. The third-order valence-electron chi connectivity index (χ3n) is 3.04. The van der Waals surface area contributed by atoms with Crippen molar-refractivity contribution in [3.8, 4) is 23.0 Å². The molecule has 0 aliphatic rings. The molecule has 0 unspecified atom stereocenters. The zero-order valence-corrected chi connectivity index (χ0v) is 14.2. The molecule has 0 fully saturated rings. The SMILES string of the molecule is COCOc1ccc(OC)cc1C=O.COc1ccc(O)c(C=O)c1. The highest BCUT2D eigenvalue weighted by Crippen LogP contribution is 2.22. The first-order chi connectivity index (χ1) is 12.1. The van der Waals surface area contributed by atoms with Crippen molar-refractivity contribution in [3.63, 3.8) is 0 Å². The van der Waals surface area contributed by atoms with Crippen LogP contribution >= 0.6 is 0 Å². The maximum Gasteiger partial charge on any atom is 0.188 e. The van der Waals surface area contributed by atoms with Crippen molar-refractivity contribution in [1.29, 1.82) is 0 Å². The van der Waals surface area contributed by atoms with E-state index in [1.54, 1.807) is 31.4 Å². The Morgan fingerprint density at radius 3 is 1.96 bits per heavy atom. The van der Waals surface area contributed by atoms with E-state index in [4.69, 9.17) is 24.1 Å². The van der Waals surface area contributed by atoms with Gasteiger partial charge in [0, 0.05) is 7.11 Å². The Morgan fingerprint density at radius 1 is 0.880 bits per heavy atom. The van der Waals surface area contributed by atoms with Crippen molar-refractivity contribution in [3.05, 3.63) is 47.5 Å². The average Bonchev–Trinajstić information content (AvgIpc) is 2.67. The second-order valence-corrected chi connectivity index (χ2v) is 4.62. The molecule has 0 aromatic heterocycles. The number of aromatic hydroxyl groups is 1. The van der Waals surface area contributed by atoms with Crippen LogP contribution in [0.25, 0.3) is 0 Å². The minimum atomic E-state index is -0.0270. The quantitative estimate of drug-likeness (QED) is 0.607. The molecular weight excluding hydrogens is 328 g/mol. The molecule has 7 heteroatoms. The Balaban J connectivity index is 0.000000257. The van der Waals surface area contributed by atoms with Gasteiger partial charge >= 0.3 is 0 Å². The number of methoxy groups -OCH3 is 3. The maximum atomic E-state index is 10.7. The number of hydrogen-bond donors (Lipinski definition) is 1. The smallest absolute Gasteiger partial charge is 0.188 e. The number of aldehydes is 2. The molecule has 0 bridgehead atoms. The summed E-state index contributed by atoms with van der Waals surface area (Å²) < 4.78 is 19.7. The van der Waals surface area contributed by atoms with Crippen molar-refractivity contribution < 1.29 is 33.6 Å². The Hall–Kier alpha value is -3.06. The largest absolute Gasteiger partial charge is 0.507 e. The van der Waals surface area contributed by atoms with E-state index in [1.807, 2.05) is 0 Å². The van der Waals surface area contributed by atoms with Gasteiger partial charge in [-0.3, -0.25) is 9.59 Å². The van der Waals surface area contributed by atoms with Gasteiger partial charge in [-0.05, 0) is 36.4 Å². The minimum Gasteiger partial charge on any atom is -0.507 e. The molecule has 134 valence electrons. The third kappa shape index (κ3) is 6.15. The summed E-state index contributed by atoms with van der Waals surface area (Å²) >= 11 is 0. The van der Waals surface area contributed by atoms with Crippen LogP contribution in [0.2, 0.25) is 0 Å². The van der Waals surface area contributed by atoms with Crippen molar-refractivity contribution in [1.82, 2.24) is 0 Å². The van der Waals surface area contributed by atoms with Crippen LogP contribution in [0.15, 0.2) is 36.4 Å². The molecule has 0 atom stereocenters. The predicted molar refractivity (Wildman–Crippen MR) is 90.9 cm³/mol. The zero-order valence-electron chi connectivity index (χ0n) is 14.2. The fourth-order valence-corrected chi connectivity index (χ4v) is 1.75. The van der Waals surface area contributed by atoms with Gasteiger partial charge < -0.3 is 24.1 Å². The summed E-state index contributed by atoms with van der Waals surface area (Å²) in [5.41, 5.74) is 0.686. The average molecular weight is 348 g/mol. The molecule has 2 aromatic rings. The fourth-order valence-electron chi connectivity index (χ4n) is 1.75. The van der Waals surface area contributed by atoms with Crippen LogP contribution in [0, 0.1) is 0 Å². The number of phenols is 1. The lowest BCUT2D eigenvalue weighted by Gasteiger charge is -2.08. The van der Waals surface area contributed by atoms with Crippen LogP contribution in [0.3, 0.4) is 0 Å². The lowest BCUT2D eigenvalue weighted by molar-refractivity contribution is 0.0505. The predicted octanol–water partition coefficient (Wildman–Crippen LogP) is 2.70. The first kappa shape index (κ1) is 20.0. The van der Waals surface area contributed by atoms with Crippen LogP contribution in [-0.2, 0) is 4.74 Å². The van der Waals surface area contributed by atoms with Crippen LogP contribution in [0.5, 0.6) is 23.0 Å². The molecule has 1 N–H and O–H groups in total. The standard InChI is InChI=1S/C10H12O4.C8H8O3/c1-12-7-14-10-4-3-9(13-2)5-8(10)6-11;1-11-7-2-3-8(10)6(4-7)5-9/h3-6H,7H2,1-2H3;2-5,10H,1H3. The van der Waals surface area contributed by atoms with E-state index in [9.17, 15) is 9.59 Å². The lowest BCUT2D eigenvalue weighted by Crippen LogP contribution is -2.01. The summed E-state index contributed by atoms with van der Waals surface area (Å²) in [5.74, 6) is 1.64. The highest BCUT2D eigenvalue weighted by Gasteiger charge is 2.04. The number of benzene rings is 2. The summed E-state index contributed by atoms with van der Waals surface area (Å²) in [6.07, 6.45) is 1.30. The molecule has 0 saturated heterocycles. The minimum absolute atomic E-state index is 0.0270. The fraction of sp³-hybridized carbons (Fsp3) is 0.222. The Kier molecular flexibility index (Phi) is 8.53. The molecule has 2 aromatic carbocycles. The lowest BCUT2D eigenvalue weighted by atomic mass is 10.2. The molecule has 0 saturated carbocycles. The van der Waals surface area contributed by atoms with Gasteiger partial charge in [-0.1, -0.05) is 0 Å². The van der Waals surface area contributed by atoms with E-state index < -0.39 is 0 Å². The highest BCUT2D eigenvalue weighted by molar-refractivity contribution is 5.80. The topological polar surface area (TPSA) is 91.3 Å². The Labute approximate surface area is 145 Å². The summed E-state index contributed by atoms with van der Waals surface area (Å²) in [6, 6.07) is 9.48. The van der Waals surface area contributed by atoms with Gasteiger partial charge in [0.15, 0.2) is 19.4 Å². The molecule has 0 amide bonds. The molecule has 0 spiro atoms. The summed E-state index contributed by atoms with van der Waals surface area (Å²) in [7, 11) is 4.56. The molecule has 0 aliphatic heterocycles. The number of rotatable bonds is 7. The van der Waals surface area contributed by atoms with Crippen molar-refractivity contribution >= 4 is 12.6 Å². The van der Waals surface area contributed by atoms with Crippen LogP contribution < -0.4 is 14.2 Å². The van der Waals surface area contributed by atoms with Crippen LogP contribution in [0.1, 0.15) is 20.7 Å². The number of carbonyl (C=O) groups is 2. The third-order valence-corrected chi connectivity index (χ3v) is 3.04. The van der Waals surface area contributed by atoms with E-state index in [1.165, 1.54) is 26.4 Å². The first-order valence-corrected chi connectivity index (χ1v) is 7.16. The summed E-state index contributed by atoms with van der Waals surface area (Å²) in [5, 5.41) is 9.04. The molecule has 25 heavy (non-hydrogen) atoms.